The zero-order valence-corrected chi connectivity index (χ0v) is 47.7. The highest BCUT2D eigenvalue weighted by atomic mass is 32.1. The van der Waals surface area contributed by atoms with Crippen molar-refractivity contribution in [1.82, 2.24) is 4.57 Å². The quantitative estimate of drug-likeness (QED) is 0.114. The number of nitrogens with zero attached hydrogens (tertiary/aromatic N) is 1. The fourth-order valence-electron chi connectivity index (χ4n) is 10.4. The molecule has 0 saturated carbocycles. The van der Waals surface area contributed by atoms with Crippen molar-refractivity contribution in [2.75, 3.05) is 0 Å². The molecule has 2 heteroatoms. The lowest BCUT2D eigenvalue weighted by Crippen LogP contribution is -1.97. The van der Waals surface area contributed by atoms with Crippen LogP contribution in [0, 0.1) is 27.7 Å². The van der Waals surface area contributed by atoms with Crippen LogP contribution in [-0.4, -0.2) is 4.57 Å². The van der Waals surface area contributed by atoms with Gasteiger partial charge in [0.05, 0.1) is 11.0 Å². The highest BCUT2D eigenvalue weighted by Gasteiger charge is 2.16. The molecule has 2 atom stereocenters. The largest absolute Gasteiger partial charge is 0.310 e. The van der Waals surface area contributed by atoms with Crippen LogP contribution in [0.4, 0.5) is 0 Å². The van der Waals surface area contributed by atoms with Crippen molar-refractivity contribution >= 4 is 64.6 Å². The maximum atomic E-state index is 2.45. The van der Waals surface area contributed by atoms with E-state index in [1.807, 2.05) is 25.2 Å². The van der Waals surface area contributed by atoms with Crippen molar-refractivity contribution in [2.24, 2.45) is 0 Å². The van der Waals surface area contributed by atoms with Crippen molar-refractivity contribution in [3.05, 3.63) is 263 Å². The van der Waals surface area contributed by atoms with E-state index < -0.39 is 0 Å². The summed E-state index contributed by atoms with van der Waals surface area (Å²) in [6.07, 6.45) is 7.98. The summed E-state index contributed by atoms with van der Waals surface area (Å²) in [5.41, 5.74) is 21.2. The molecule has 0 fully saturated rings. The van der Waals surface area contributed by atoms with Gasteiger partial charge in [-0.15, -0.1) is 11.3 Å². The van der Waals surface area contributed by atoms with Gasteiger partial charge in [0, 0.05) is 36.6 Å². The molecule has 0 amide bonds. The summed E-state index contributed by atoms with van der Waals surface area (Å²) < 4.78 is 5.15. The van der Waals surface area contributed by atoms with E-state index in [0.29, 0.717) is 11.8 Å². The Kier molecular flexibility index (Phi) is 18.6. The van der Waals surface area contributed by atoms with Gasteiger partial charge in [-0.25, -0.2) is 0 Å². The van der Waals surface area contributed by atoms with Gasteiger partial charge in [0.1, 0.15) is 0 Å². The third kappa shape index (κ3) is 12.4. The number of allylic oxidation sites excluding steroid dienone is 4. The summed E-state index contributed by atoms with van der Waals surface area (Å²) >= 11 is 1.87. The Morgan fingerprint density at radius 1 is 0.461 bits per heavy atom. The molecular weight excluding hydrogens is 935 g/mol. The number of aromatic nitrogens is 1. The predicted octanol–water partition coefficient (Wildman–Crippen LogP) is 22.3. The van der Waals surface area contributed by atoms with Crippen LogP contribution in [0.1, 0.15) is 118 Å². The third-order valence-electron chi connectivity index (χ3n) is 15.0. The first-order chi connectivity index (χ1) is 37.0. The molecule has 2 unspecified atom stereocenters. The zero-order chi connectivity index (χ0) is 53.7. The molecule has 76 heavy (non-hydrogen) atoms. The zero-order valence-electron chi connectivity index (χ0n) is 46.9. The summed E-state index contributed by atoms with van der Waals surface area (Å²) in [6, 6.07) is 74.9. The van der Waals surface area contributed by atoms with Crippen LogP contribution in [0.2, 0.25) is 0 Å². The van der Waals surface area contributed by atoms with Crippen molar-refractivity contribution in [3.8, 4) is 22.3 Å². The minimum Gasteiger partial charge on any atom is -0.310 e. The Morgan fingerprint density at radius 2 is 0.921 bits per heavy atom. The summed E-state index contributed by atoms with van der Waals surface area (Å²) in [5.74, 6) is 1.23. The van der Waals surface area contributed by atoms with E-state index in [-0.39, 0.29) is 0 Å². The highest BCUT2D eigenvalue weighted by molar-refractivity contribution is 7.25. The molecular formula is C74H77NS. The molecule has 0 radical (unpaired) electrons. The number of thiophene rings is 1. The molecule has 0 aliphatic carbocycles. The first-order valence-corrected chi connectivity index (χ1v) is 28.5. The minimum absolute atomic E-state index is 0.616. The number of rotatable bonds is 11. The Hall–Kier alpha value is -7.52. The highest BCUT2D eigenvalue weighted by Crippen LogP contribution is 2.38. The lowest BCUT2D eigenvalue weighted by atomic mass is 9.89. The van der Waals surface area contributed by atoms with E-state index in [4.69, 9.17) is 0 Å². The van der Waals surface area contributed by atoms with E-state index in [1.165, 1.54) is 133 Å². The minimum atomic E-state index is 0.616. The van der Waals surface area contributed by atoms with Gasteiger partial charge in [-0.05, 0) is 175 Å². The number of hydrogen-bond acceptors (Lipinski definition) is 1. The Balaban J connectivity index is 0.000000175. The monoisotopic (exact) mass is 1010 g/mol. The van der Waals surface area contributed by atoms with Crippen molar-refractivity contribution in [3.63, 3.8) is 0 Å². The van der Waals surface area contributed by atoms with Gasteiger partial charge in [-0.3, -0.25) is 0 Å². The Bertz CT molecular complexity index is 3610. The summed E-state index contributed by atoms with van der Waals surface area (Å²) in [5, 5.41) is 5.32. The molecule has 0 saturated heterocycles. The van der Waals surface area contributed by atoms with E-state index in [2.05, 4.69) is 285 Å². The Morgan fingerprint density at radius 3 is 1.45 bits per heavy atom. The average molecular weight is 1010 g/mol. The third-order valence-corrected chi connectivity index (χ3v) is 16.1. The summed E-state index contributed by atoms with van der Waals surface area (Å²) in [7, 11) is 0. The van der Waals surface area contributed by atoms with Crippen LogP contribution >= 0.6 is 11.3 Å². The van der Waals surface area contributed by atoms with Gasteiger partial charge < -0.3 is 4.57 Å². The number of aryl methyl sites for hydroxylation is 4. The van der Waals surface area contributed by atoms with Crippen molar-refractivity contribution in [1.29, 1.82) is 0 Å². The standard InChI is InChI=1S/C38H31NS.2C17H20.C2H6/c1-25-13-18-35-32(21-25)33-22-26(2)14-19-36(33)39(35)30(23-27(3)29-9-5-4-6-10-29)17-15-28-16-20-38-34(24-28)31-11-7-8-12-37(31)40-38;2*1-4-13(2)15-10-7-8-12-17(15)16-11-6-5-9-14(16)3;1-2/h4-14,16-24H,15H2,1-3H3;2*5-13H,4H2,1-3H3;1-2H3/b27-23+,30-17+;;;. The van der Waals surface area contributed by atoms with Crippen LogP contribution in [-0.2, 0) is 6.42 Å². The first-order valence-electron chi connectivity index (χ1n) is 27.7. The van der Waals surface area contributed by atoms with Gasteiger partial charge in [-0.1, -0.05) is 223 Å². The second-order valence-corrected chi connectivity index (χ2v) is 21.3. The SMILES string of the molecule is C/C(=C\C(=C/Cc1ccc2sc3ccccc3c2c1)n1c2ccc(C)cc2c2cc(C)ccc21)c1ccccc1.CC.CCC(C)c1ccccc1-c1ccccc1C.CCC(C)c1ccccc1-c1ccccc1C. The molecule has 11 aromatic rings. The molecule has 0 aliphatic heterocycles. The molecule has 0 N–H and O–H groups in total. The molecule has 1 nitrogen and oxygen atoms in total. The van der Waals surface area contributed by atoms with Crippen LogP contribution < -0.4 is 0 Å². The topological polar surface area (TPSA) is 4.93 Å². The van der Waals surface area contributed by atoms with Gasteiger partial charge in [-0.2, -0.15) is 0 Å². The number of benzene rings is 9. The van der Waals surface area contributed by atoms with Gasteiger partial charge in [0.25, 0.3) is 0 Å². The van der Waals surface area contributed by atoms with Crippen molar-refractivity contribution in [2.45, 2.75) is 107 Å². The van der Waals surface area contributed by atoms with Crippen LogP contribution in [0.5, 0.6) is 0 Å². The van der Waals surface area contributed by atoms with E-state index in [1.54, 1.807) is 0 Å². The molecule has 0 aliphatic rings. The van der Waals surface area contributed by atoms with E-state index >= 15 is 0 Å². The van der Waals surface area contributed by atoms with E-state index in [9.17, 15) is 0 Å². The fourth-order valence-corrected chi connectivity index (χ4v) is 11.5. The molecule has 2 heterocycles. The molecule has 0 spiro atoms. The van der Waals surface area contributed by atoms with Gasteiger partial charge in [0.15, 0.2) is 0 Å². The van der Waals surface area contributed by atoms with Crippen LogP contribution in [0.25, 0.3) is 75.5 Å². The lowest BCUT2D eigenvalue weighted by Gasteiger charge is -2.16. The second-order valence-electron chi connectivity index (χ2n) is 20.3. The Labute approximate surface area is 458 Å². The summed E-state index contributed by atoms with van der Waals surface area (Å²) in [6.45, 7) is 24.0. The fraction of sp³-hybridized carbons (Fsp3) is 0.216. The number of fused-ring (bicyclic) bond motifs is 6. The number of hydrogen-bond donors (Lipinski definition) is 0. The van der Waals surface area contributed by atoms with Crippen LogP contribution in [0.15, 0.2) is 218 Å². The maximum absolute atomic E-state index is 2.45. The normalized spacial score (nSPS) is 12.4. The second kappa shape index (κ2) is 25.8. The molecule has 384 valence electrons. The van der Waals surface area contributed by atoms with Gasteiger partial charge in [0.2, 0.25) is 0 Å². The van der Waals surface area contributed by atoms with Gasteiger partial charge >= 0.3 is 0 Å². The lowest BCUT2D eigenvalue weighted by molar-refractivity contribution is 0.735. The predicted molar refractivity (Wildman–Crippen MR) is 338 cm³/mol. The summed E-state index contributed by atoms with van der Waals surface area (Å²) in [4.78, 5) is 0. The van der Waals surface area contributed by atoms with E-state index in [0.717, 1.165) is 6.42 Å². The van der Waals surface area contributed by atoms with Crippen LogP contribution in [0.3, 0.4) is 0 Å². The molecule has 11 rings (SSSR count). The first kappa shape index (κ1) is 54.7. The molecule has 9 aromatic carbocycles. The molecule has 0 bridgehead atoms. The smallest absolute Gasteiger partial charge is 0.0541 e. The van der Waals surface area contributed by atoms with Crippen molar-refractivity contribution < 1.29 is 0 Å². The molecule has 2 aromatic heterocycles. The average Bonchev–Trinajstić information content (AvgIpc) is 3.99. The maximum Gasteiger partial charge on any atom is 0.0541 e.